The van der Waals surface area contributed by atoms with Gasteiger partial charge in [0.25, 0.3) is 5.91 Å². The molecule has 16 heavy (non-hydrogen) atoms. The molecule has 0 atom stereocenters. The first-order chi connectivity index (χ1) is 7.56. The van der Waals surface area contributed by atoms with E-state index >= 15 is 0 Å². The Balaban J connectivity index is 2.74. The average Bonchev–Trinajstić information content (AvgIpc) is 2.64. The Hall–Kier alpha value is -1.21. The summed E-state index contributed by atoms with van der Waals surface area (Å²) in [6.45, 7) is 4.92. The molecule has 1 rings (SSSR count). The number of ether oxygens (including phenoxy) is 1. The fourth-order valence-electron chi connectivity index (χ4n) is 1.23. The second kappa shape index (κ2) is 5.76. The summed E-state index contributed by atoms with van der Waals surface area (Å²) in [6, 6.07) is 0.0905. The molecule has 7 heteroatoms. The monoisotopic (exact) mass is 244 g/mol. The number of amides is 1. The smallest absolute Gasteiger partial charge is 0.285 e. The minimum Gasteiger partial charge on any atom is -0.383 e. The average molecular weight is 244 g/mol. The van der Waals surface area contributed by atoms with Crippen LogP contribution in [0, 0.1) is 0 Å². The second-order valence-electron chi connectivity index (χ2n) is 3.53. The van der Waals surface area contributed by atoms with E-state index in [0.717, 1.165) is 11.3 Å². The highest BCUT2D eigenvalue weighted by Crippen LogP contribution is 2.14. The molecule has 0 spiro atoms. The summed E-state index contributed by atoms with van der Waals surface area (Å²) in [5.41, 5.74) is 5.44. The maximum Gasteiger partial charge on any atom is 0.285 e. The molecule has 1 aromatic rings. The number of methoxy groups -OCH3 is 1. The van der Waals surface area contributed by atoms with Crippen LogP contribution < -0.4 is 5.73 Å². The molecule has 6 nitrogen and oxygen atoms in total. The molecular formula is C9H16N4O2S. The normalized spacial score (nSPS) is 10.8. The van der Waals surface area contributed by atoms with Crippen LogP contribution in [0.1, 0.15) is 23.6 Å². The Morgan fingerprint density at radius 3 is 2.69 bits per heavy atom. The first kappa shape index (κ1) is 12.9. The van der Waals surface area contributed by atoms with Gasteiger partial charge in [-0.3, -0.25) is 4.79 Å². The van der Waals surface area contributed by atoms with Crippen LogP contribution in [0.15, 0.2) is 0 Å². The molecule has 1 aromatic heterocycles. The van der Waals surface area contributed by atoms with Crippen molar-refractivity contribution in [3.05, 3.63) is 5.01 Å². The molecule has 0 aliphatic carbocycles. The van der Waals surface area contributed by atoms with Crippen molar-refractivity contribution in [1.29, 1.82) is 0 Å². The number of carbonyl (C=O) groups excluding carboxylic acids is 1. The zero-order chi connectivity index (χ0) is 12.1. The molecule has 2 N–H and O–H groups in total. The number of aromatic nitrogens is 2. The van der Waals surface area contributed by atoms with Gasteiger partial charge >= 0.3 is 0 Å². The number of nitrogen functional groups attached to an aromatic ring is 1. The van der Waals surface area contributed by atoms with Crippen molar-refractivity contribution in [3.8, 4) is 0 Å². The summed E-state index contributed by atoms with van der Waals surface area (Å²) in [7, 11) is 1.60. The van der Waals surface area contributed by atoms with Crippen LogP contribution in [-0.4, -0.2) is 47.3 Å². The lowest BCUT2D eigenvalue weighted by Crippen LogP contribution is -2.39. The van der Waals surface area contributed by atoms with Gasteiger partial charge in [0, 0.05) is 19.7 Å². The quantitative estimate of drug-likeness (QED) is 0.821. The SMILES string of the molecule is COCCN(C(=O)c1nnc(N)s1)C(C)C. The van der Waals surface area contributed by atoms with Gasteiger partial charge in [0.15, 0.2) is 0 Å². The first-order valence-electron chi connectivity index (χ1n) is 4.95. The van der Waals surface area contributed by atoms with E-state index in [9.17, 15) is 4.79 Å². The molecule has 0 aliphatic rings. The molecule has 1 amide bonds. The van der Waals surface area contributed by atoms with Crippen molar-refractivity contribution >= 4 is 22.4 Å². The Morgan fingerprint density at radius 2 is 2.25 bits per heavy atom. The first-order valence-corrected chi connectivity index (χ1v) is 5.76. The summed E-state index contributed by atoms with van der Waals surface area (Å²) in [6.07, 6.45) is 0. The number of nitrogens with two attached hydrogens (primary N) is 1. The van der Waals surface area contributed by atoms with Crippen molar-refractivity contribution in [1.82, 2.24) is 15.1 Å². The van der Waals surface area contributed by atoms with Crippen molar-refractivity contribution < 1.29 is 9.53 Å². The Kier molecular flexibility index (Phi) is 4.63. The summed E-state index contributed by atoms with van der Waals surface area (Å²) >= 11 is 1.10. The fraction of sp³-hybridized carbons (Fsp3) is 0.667. The molecule has 0 unspecified atom stereocenters. The second-order valence-corrected chi connectivity index (χ2v) is 4.54. The van der Waals surface area contributed by atoms with E-state index in [1.165, 1.54) is 0 Å². The number of nitrogens with zero attached hydrogens (tertiary/aromatic N) is 3. The zero-order valence-corrected chi connectivity index (χ0v) is 10.5. The highest BCUT2D eigenvalue weighted by atomic mass is 32.1. The van der Waals surface area contributed by atoms with E-state index in [-0.39, 0.29) is 11.9 Å². The molecular weight excluding hydrogens is 228 g/mol. The van der Waals surface area contributed by atoms with Gasteiger partial charge in [-0.2, -0.15) is 0 Å². The van der Waals surface area contributed by atoms with Crippen molar-refractivity contribution in [2.75, 3.05) is 26.0 Å². The Bertz CT molecular complexity index is 353. The lowest BCUT2D eigenvalue weighted by atomic mass is 10.3. The van der Waals surface area contributed by atoms with Crippen LogP contribution in [0.5, 0.6) is 0 Å². The standard InChI is InChI=1S/C9H16N4O2S/c1-6(2)13(4-5-15-3)8(14)7-11-12-9(10)16-7/h6H,4-5H2,1-3H3,(H2,10,12). The van der Waals surface area contributed by atoms with Gasteiger partial charge in [-0.25, -0.2) is 0 Å². The van der Waals surface area contributed by atoms with Crippen molar-refractivity contribution in [2.45, 2.75) is 19.9 Å². The third kappa shape index (κ3) is 3.14. The van der Waals surface area contributed by atoms with Crippen LogP contribution in [0.3, 0.4) is 0 Å². The van der Waals surface area contributed by atoms with Gasteiger partial charge in [-0.05, 0) is 13.8 Å². The van der Waals surface area contributed by atoms with Crippen LogP contribution in [0.25, 0.3) is 0 Å². The van der Waals surface area contributed by atoms with E-state index in [4.69, 9.17) is 10.5 Å². The van der Waals surface area contributed by atoms with E-state index in [1.807, 2.05) is 13.8 Å². The molecule has 0 aliphatic heterocycles. The van der Waals surface area contributed by atoms with E-state index in [2.05, 4.69) is 10.2 Å². The molecule has 1 heterocycles. The van der Waals surface area contributed by atoms with Gasteiger partial charge in [0.05, 0.1) is 6.61 Å². The van der Waals surface area contributed by atoms with Crippen LogP contribution in [0.2, 0.25) is 0 Å². The van der Waals surface area contributed by atoms with Gasteiger partial charge < -0.3 is 15.4 Å². The molecule has 0 saturated carbocycles. The molecule has 0 bridgehead atoms. The number of anilines is 1. The molecule has 0 saturated heterocycles. The van der Waals surface area contributed by atoms with Gasteiger partial charge in [-0.1, -0.05) is 11.3 Å². The number of carbonyl (C=O) groups is 1. The maximum absolute atomic E-state index is 12.0. The van der Waals surface area contributed by atoms with E-state index in [1.54, 1.807) is 12.0 Å². The lowest BCUT2D eigenvalue weighted by Gasteiger charge is -2.25. The zero-order valence-electron chi connectivity index (χ0n) is 9.64. The minimum absolute atomic E-state index is 0.0905. The summed E-state index contributed by atoms with van der Waals surface area (Å²) < 4.78 is 4.96. The highest BCUT2D eigenvalue weighted by Gasteiger charge is 2.21. The predicted octanol–water partition coefficient (Wildman–Crippen LogP) is 0.617. The number of hydrogen-bond acceptors (Lipinski definition) is 6. The molecule has 0 aromatic carbocycles. The van der Waals surface area contributed by atoms with Crippen LogP contribution in [0.4, 0.5) is 5.13 Å². The van der Waals surface area contributed by atoms with Gasteiger partial charge in [0.2, 0.25) is 10.1 Å². The van der Waals surface area contributed by atoms with Crippen molar-refractivity contribution in [2.24, 2.45) is 0 Å². The number of rotatable bonds is 5. The van der Waals surface area contributed by atoms with E-state index in [0.29, 0.717) is 23.3 Å². The minimum atomic E-state index is -0.152. The van der Waals surface area contributed by atoms with Crippen molar-refractivity contribution in [3.63, 3.8) is 0 Å². The maximum atomic E-state index is 12.0. The summed E-state index contributed by atoms with van der Waals surface area (Å²) in [5, 5.41) is 7.99. The predicted molar refractivity (Wildman–Crippen MR) is 62.4 cm³/mol. The number of hydrogen-bond donors (Lipinski definition) is 1. The van der Waals surface area contributed by atoms with Crippen LogP contribution >= 0.6 is 11.3 Å². The van der Waals surface area contributed by atoms with Gasteiger partial charge in [-0.15, -0.1) is 10.2 Å². The van der Waals surface area contributed by atoms with E-state index < -0.39 is 0 Å². The molecule has 0 fully saturated rings. The lowest BCUT2D eigenvalue weighted by molar-refractivity contribution is 0.0634. The largest absolute Gasteiger partial charge is 0.383 e. The Labute approximate surface area is 98.4 Å². The van der Waals surface area contributed by atoms with Gasteiger partial charge in [0.1, 0.15) is 0 Å². The highest BCUT2D eigenvalue weighted by molar-refractivity contribution is 7.16. The topological polar surface area (TPSA) is 81.3 Å². The fourth-order valence-corrected chi connectivity index (χ4v) is 1.79. The van der Waals surface area contributed by atoms with Crippen LogP contribution in [-0.2, 0) is 4.74 Å². The molecule has 0 radical (unpaired) electrons. The Morgan fingerprint density at radius 1 is 1.56 bits per heavy atom. The summed E-state index contributed by atoms with van der Waals surface area (Å²) in [4.78, 5) is 13.7. The third-order valence-corrected chi connectivity index (χ3v) is 2.78. The third-order valence-electron chi connectivity index (χ3n) is 2.04. The molecule has 90 valence electrons. The summed E-state index contributed by atoms with van der Waals surface area (Å²) in [5.74, 6) is -0.152.